The van der Waals surface area contributed by atoms with Gasteiger partial charge >= 0.3 is 0 Å². The Hall–Kier alpha value is -3.95. The summed E-state index contributed by atoms with van der Waals surface area (Å²) in [7, 11) is 0. The van der Waals surface area contributed by atoms with Crippen LogP contribution in [-0.4, -0.2) is 9.97 Å². The summed E-state index contributed by atoms with van der Waals surface area (Å²) < 4.78 is 2.60. The third kappa shape index (κ3) is 5.95. The monoisotopic (exact) mass is 711 g/mol. The third-order valence-corrected chi connectivity index (χ3v) is 7.81. The van der Waals surface area contributed by atoms with Crippen LogP contribution in [0.4, 0.5) is 0 Å². The summed E-state index contributed by atoms with van der Waals surface area (Å²) in [4.78, 5) is 9.05. The van der Waals surface area contributed by atoms with Crippen molar-refractivity contribution in [2.24, 2.45) is 0 Å². The van der Waals surface area contributed by atoms with Gasteiger partial charge in [0, 0.05) is 42.8 Å². The van der Waals surface area contributed by atoms with E-state index in [1.807, 2.05) is 66.2 Å². The molecule has 0 aliphatic carbocycles. The Kier molecular flexibility index (Phi) is 8.62. The number of pyridine rings is 2. The molecule has 4 heteroatoms. The van der Waals surface area contributed by atoms with Gasteiger partial charge in [-0.2, -0.15) is 11.3 Å². The minimum atomic E-state index is 0. The fraction of sp³-hybridized carbons (Fsp3) is 0.0556. The van der Waals surface area contributed by atoms with Gasteiger partial charge in [0.25, 0.3) is 0 Å². The molecule has 1 radical (unpaired) electrons. The molecule has 0 amide bonds. The molecule has 7 rings (SSSR count). The Balaban J connectivity index is 0.000000158. The Morgan fingerprint density at radius 2 is 1.40 bits per heavy atom. The van der Waals surface area contributed by atoms with Gasteiger partial charge in [-0.25, -0.2) is 0 Å². The maximum Gasteiger partial charge on any atom is 0.0242 e. The number of nitrogens with zero attached hydrogens (tertiary/aromatic N) is 2. The smallest absolute Gasteiger partial charge is 0.0242 e. The molecule has 7 aromatic rings. The van der Waals surface area contributed by atoms with Gasteiger partial charge in [0.05, 0.1) is 0 Å². The summed E-state index contributed by atoms with van der Waals surface area (Å²) >= 11 is 1.82. The number of fused-ring (bicyclic) bond motifs is 3. The number of benzene rings is 4. The maximum absolute atomic E-state index is 4.55. The van der Waals surface area contributed by atoms with Crippen molar-refractivity contribution in [3.05, 3.63) is 145 Å². The minimum Gasteiger partial charge on any atom is -0.304 e. The molecule has 0 unspecified atom stereocenters. The molecular formula is C36H26IrN2S-2. The molecule has 0 aliphatic rings. The summed E-state index contributed by atoms with van der Waals surface area (Å²) in [6, 6.07) is 43.9. The van der Waals surface area contributed by atoms with Crippen molar-refractivity contribution in [2.45, 2.75) is 13.8 Å². The quantitative estimate of drug-likeness (QED) is 0.171. The van der Waals surface area contributed by atoms with Crippen LogP contribution in [0.3, 0.4) is 0 Å². The van der Waals surface area contributed by atoms with E-state index in [0.29, 0.717) is 0 Å². The molecule has 3 aromatic heterocycles. The standard InChI is InChI=1S/C18H12NS.C18H14N.Ir/c1-12-6-8-16(19-11-12)13-7-9-18-15(10-13)14-4-2-3-5-17(14)20-18;1-14-12-18(16-10-6-3-7-11-16)19-13-17(14)15-8-4-2-5-9-15;/h2-6,8-11H,1H3;2-10,12-13H,1H3;/q2*-1;. The van der Waals surface area contributed by atoms with E-state index < -0.39 is 0 Å². The molecule has 2 nitrogen and oxygen atoms in total. The number of aryl methyl sites for hydroxylation is 2. The first-order chi connectivity index (χ1) is 19.2. The minimum absolute atomic E-state index is 0. The molecular weight excluding hydrogens is 685 g/mol. The van der Waals surface area contributed by atoms with E-state index in [4.69, 9.17) is 0 Å². The van der Waals surface area contributed by atoms with Crippen LogP contribution in [0.1, 0.15) is 11.1 Å². The summed E-state index contributed by atoms with van der Waals surface area (Å²) in [5.41, 5.74) is 8.83. The van der Waals surface area contributed by atoms with E-state index >= 15 is 0 Å². The van der Waals surface area contributed by atoms with E-state index in [1.165, 1.54) is 42.4 Å². The van der Waals surface area contributed by atoms with Crippen molar-refractivity contribution in [3.8, 4) is 33.6 Å². The molecule has 0 aliphatic heterocycles. The van der Waals surface area contributed by atoms with Crippen molar-refractivity contribution < 1.29 is 20.1 Å². The van der Waals surface area contributed by atoms with Gasteiger partial charge < -0.3 is 9.97 Å². The Bertz CT molecular complexity index is 1860. The maximum atomic E-state index is 4.55. The zero-order valence-corrected chi connectivity index (χ0v) is 25.4. The Morgan fingerprint density at radius 1 is 0.625 bits per heavy atom. The number of thiophene rings is 1. The van der Waals surface area contributed by atoms with Crippen LogP contribution in [0.15, 0.2) is 122 Å². The first-order valence-electron chi connectivity index (χ1n) is 12.9. The molecule has 0 saturated carbocycles. The van der Waals surface area contributed by atoms with E-state index in [0.717, 1.165) is 22.5 Å². The summed E-state index contributed by atoms with van der Waals surface area (Å²) in [6.45, 7) is 4.17. The second-order valence-electron chi connectivity index (χ2n) is 9.47. The van der Waals surface area contributed by atoms with Crippen LogP contribution in [0.25, 0.3) is 53.8 Å². The molecule has 197 valence electrons. The predicted octanol–water partition coefficient (Wildman–Crippen LogP) is 9.75. The van der Waals surface area contributed by atoms with Crippen LogP contribution in [0.5, 0.6) is 0 Å². The van der Waals surface area contributed by atoms with Crippen LogP contribution in [0, 0.1) is 26.0 Å². The van der Waals surface area contributed by atoms with Crippen LogP contribution in [-0.2, 0) is 20.1 Å². The van der Waals surface area contributed by atoms with Crippen molar-refractivity contribution in [3.63, 3.8) is 0 Å². The van der Waals surface area contributed by atoms with Gasteiger partial charge in [-0.05, 0) is 58.1 Å². The zero-order valence-electron chi connectivity index (χ0n) is 22.2. The second-order valence-corrected chi connectivity index (χ2v) is 10.6. The molecule has 4 aromatic carbocycles. The van der Waals surface area contributed by atoms with Crippen molar-refractivity contribution in [1.29, 1.82) is 0 Å². The van der Waals surface area contributed by atoms with E-state index in [2.05, 4.69) is 103 Å². The number of rotatable bonds is 3. The fourth-order valence-corrected chi connectivity index (χ4v) is 5.69. The third-order valence-electron chi connectivity index (χ3n) is 6.68. The van der Waals surface area contributed by atoms with Crippen LogP contribution < -0.4 is 0 Å². The molecule has 0 N–H and O–H groups in total. The molecule has 0 saturated heterocycles. The molecule has 0 bridgehead atoms. The van der Waals surface area contributed by atoms with Gasteiger partial charge in [0.15, 0.2) is 0 Å². The SMILES string of the molecule is Cc1cc(-c2[c-]cccc2)ncc1-c1ccccc1.Cc1ccc(-c2[c-]cc3sc4ccccc4c3c2)nc1.[Ir]. The largest absolute Gasteiger partial charge is 0.304 e. The molecule has 3 heterocycles. The summed E-state index contributed by atoms with van der Waals surface area (Å²) in [5.74, 6) is 0. The molecule has 0 spiro atoms. The van der Waals surface area contributed by atoms with Gasteiger partial charge in [-0.15, -0.1) is 59.7 Å². The molecule has 0 fully saturated rings. The summed E-state index contributed by atoms with van der Waals surface area (Å²) in [6.07, 6.45) is 3.85. The van der Waals surface area contributed by atoms with Crippen LogP contribution >= 0.6 is 11.3 Å². The predicted molar refractivity (Wildman–Crippen MR) is 165 cm³/mol. The average Bonchev–Trinajstić information content (AvgIpc) is 3.37. The van der Waals surface area contributed by atoms with Gasteiger partial charge in [-0.1, -0.05) is 72.1 Å². The van der Waals surface area contributed by atoms with Crippen molar-refractivity contribution >= 4 is 31.5 Å². The second kappa shape index (κ2) is 12.5. The Morgan fingerprint density at radius 3 is 2.15 bits per heavy atom. The molecule has 40 heavy (non-hydrogen) atoms. The zero-order chi connectivity index (χ0) is 26.6. The van der Waals surface area contributed by atoms with Crippen LogP contribution in [0.2, 0.25) is 0 Å². The normalized spacial score (nSPS) is 10.6. The van der Waals surface area contributed by atoms with Gasteiger partial charge in [0.1, 0.15) is 0 Å². The number of hydrogen-bond acceptors (Lipinski definition) is 3. The van der Waals surface area contributed by atoms with Gasteiger partial charge in [-0.3, -0.25) is 0 Å². The van der Waals surface area contributed by atoms with Gasteiger partial charge in [0.2, 0.25) is 0 Å². The topological polar surface area (TPSA) is 25.8 Å². The van der Waals surface area contributed by atoms with E-state index in [1.54, 1.807) is 0 Å². The first kappa shape index (κ1) is 27.6. The Labute approximate surface area is 252 Å². The fourth-order valence-electron chi connectivity index (χ4n) is 4.62. The number of aromatic nitrogens is 2. The summed E-state index contributed by atoms with van der Waals surface area (Å²) in [5, 5.41) is 2.61. The number of hydrogen-bond donors (Lipinski definition) is 0. The van der Waals surface area contributed by atoms with E-state index in [9.17, 15) is 0 Å². The first-order valence-corrected chi connectivity index (χ1v) is 13.7. The molecule has 0 atom stereocenters. The van der Waals surface area contributed by atoms with Crippen molar-refractivity contribution in [2.75, 3.05) is 0 Å². The van der Waals surface area contributed by atoms with Crippen molar-refractivity contribution in [1.82, 2.24) is 9.97 Å². The average molecular weight is 711 g/mol. The van der Waals surface area contributed by atoms with E-state index in [-0.39, 0.29) is 20.1 Å².